The van der Waals surface area contributed by atoms with Crippen molar-refractivity contribution < 1.29 is 19.1 Å². The van der Waals surface area contributed by atoms with Gasteiger partial charge in [0.15, 0.2) is 6.61 Å². The maximum atomic E-state index is 12.2. The van der Waals surface area contributed by atoms with E-state index in [0.717, 1.165) is 11.1 Å². The summed E-state index contributed by atoms with van der Waals surface area (Å²) in [4.78, 5) is 28.2. The van der Waals surface area contributed by atoms with Gasteiger partial charge in [0.25, 0.3) is 5.91 Å². The number of carbonyl (C=O) groups excluding carboxylic acids is 2. The number of amides is 1. The highest BCUT2D eigenvalue weighted by molar-refractivity contribution is 6.03. The molecule has 0 unspecified atom stereocenters. The summed E-state index contributed by atoms with van der Waals surface area (Å²) in [5.74, 6) is -0.232. The normalized spacial score (nSPS) is 10.3. The minimum absolute atomic E-state index is 0.321. The van der Waals surface area contributed by atoms with E-state index in [2.05, 4.69) is 10.3 Å². The fourth-order valence-electron chi connectivity index (χ4n) is 2.40. The van der Waals surface area contributed by atoms with Gasteiger partial charge in [0.1, 0.15) is 12.4 Å². The van der Waals surface area contributed by atoms with E-state index in [-0.39, 0.29) is 12.5 Å². The number of nitrogens with zero attached hydrogens (tertiary/aromatic N) is 1. The van der Waals surface area contributed by atoms with E-state index in [1.807, 2.05) is 42.5 Å². The van der Waals surface area contributed by atoms with Crippen LogP contribution in [0, 0.1) is 0 Å². The molecule has 0 spiro atoms. The van der Waals surface area contributed by atoms with Crippen LogP contribution in [0.25, 0.3) is 10.9 Å². The molecule has 2 aromatic carbocycles. The maximum absolute atomic E-state index is 12.2. The number of hydrogen-bond donors (Lipinski definition) is 1. The van der Waals surface area contributed by atoms with Crippen molar-refractivity contribution in [3.63, 3.8) is 0 Å². The molecule has 0 fully saturated rings. The van der Waals surface area contributed by atoms with Gasteiger partial charge in [-0.2, -0.15) is 0 Å². The molecule has 0 atom stereocenters. The van der Waals surface area contributed by atoms with Gasteiger partial charge in [0, 0.05) is 11.6 Å². The lowest BCUT2D eigenvalue weighted by atomic mass is 10.1. The van der Waals surface area contributed by atoms with E-state index in [0.29, 0.717) is 24.2 Å². The Bertz CT molecular complexity index is 891. The second-order valence-corrected chi connectivity index (χ2v) is 5.47. The molecule has 0 aliphatic rings. The van der Waals surface area contributed by atoms with Crippen molar-refractivity contribution >= 4 is 22.8 Å². The van der Waals surface area contributed by atoms with Gasteiger partial charge in [0.05, 0.1) is 17.6 Å². The summed E-state index contributed by atoms with van der Waals surface area (Å²) in [5, 5.41) is 3.48. The van der Waals surface area contributed by atoms with E-state index in [9.17, 15) is 9.59 Å². The standard InChI is InChI=1S/C20H18N2O4/c23-18(21-12-13-25-16-8-2-1-3-9-16)14-26-20(24)17-10-4-6-15-7-5-11-22-19(15)17/h1-11H,12-14H2,(H,21,23). The minimum atomic E-state index is -0.579. The van der Waals surface area contributed by atoms with E-state index in [1.165, 1.54) is 0 Å². The van der Waals surface area contributed by atoms with Crippen molar-refractivity contribution in [2.24, 2.45) is 0 Å². The molecule has 3 aromatic rings. The first-order valence-corrected chi connectivity index (χ1v) is 8.19. The van der Waals surface area contributed by atoms with Crippen LogP contribution in [0.5, 0.6) is 5.75 Å². The van der Waals surface area contributed by atoms with E-state index >= 15 is 0 Å². The topological polar surface area (TPSA) is 77.5 Å². The quantitative estimate of drug-likeness (QED) is 0.523. The van der Waals surface area contributed by atoms with Crippen molar-refractivity contribution in [2.45, 2.75) is 0 Å². The molecule has 0 aliphatic carbocycles. The summed E-state index contributed by atoms with van der Waals surface area (Å²) in [6.07, 6.45) is 1.61. The number of esters is 1. The third-order valence-electron chi connectivity index (χ3n) is 3.62. The predicted molar refractivity (Wildman–Crippen MR) is 97.0 cm³/mol. The second-order valence-electron chi connectivity index (χ2n) is 5.47. The Kier molecular flexibility index (Phi) is 5.77. The van der Waals surface area contributed by atoms with Crippen LogP contribution in [0.15, 0.2) is 66.9 Å². The lowest BCUT2D eigenvalue weighted by molar-refractivity contribution is -0.124. The Morgan fingerprint density at radius 3 is 2.62 bits per heavy atom. The number of nitrogens with one attached hydrogen (secondary N) is 1. The third-order valence-corrected chi connectivity index (χ3v) is 3.62. The van der Waals surface area contributed by atoms with Gasteiger partial charge in [-0.25, -0.2) is 4.79 Å². The van der Waals surface area contributed by atoms with Crippen molar-refractivity contribution in [2.75, 3.05) is 19.8 Å². The first-order valence-electron chi connectivity index (χ1n) is 8.19. The zero-order valence-electron chi connectivity index (χ0n) is 14.1. The molecule has 0 radical (unpaired) electrons. The van der Waals surface area contributed by atoms with Crippen LogP contribution in [0.4, 0.5) is 0 Å². The van der Waals surface area contributed by atoms with Crippen LogP contribution >= 0.6 is 0 Å². The highest BCUT2D eigenvalue weighted by atomic mass is 16.5. The number of rotatable bonds is 7. The lowest BCUT2D eigenvalue weighted by Crippen LogP contribution is -2.32. The van der Waals surface area contributed by atoms with Crippen molar-refractivity contribution in [1.82, 2.24) is 10.3 Å². The first kappa shape index (κ1) is 17.4. The van der Waals surface area contributed by atoms with Crippen LogP contribution in [-0.4, -0.2) is 36.6 Å². The van der Waals surface area contributed by atoms with Crippen LogP contribution in [0.1, 0.15) is 10.4 Å². The SMILES string of the molecule is O=C(COC(=O)c1cccc2cccnc12)NCCOc1ccccc1. The highest BCUT2D eigenvalue weighted by Crippen LogP contribution is 2.16. The number of pyridine rings is 1. The monoisotopic (exact) mass is 350 g/mol. The van der Waals surface area contributed by atoms with E-state index < -0.39 is 5.97 Å². The fraction of sp³-hybridized carbons (Fsp3) is 0.150. The number of aromatic nitrogens is 1. The number of ether oxygens (including phenoxy) is 2. The van der Waals surface area contributed by atoms with Crippen molar-refractivity contribution in [3.05, 3.63) is 72.4 Å². The number of hydrogen-bond acceptors (Lipinski definition) is 5. The average molecular weight is 350 g/mol. The zero-order valence-corrected chi connectivity index (χ0v) is 14.1. The molecular weight excluding hydrogens is 332 g/mol. The largest absolute Gasteiger partial charge is 0.492 e. The number of carbonyl (C=O) groups is 2. The zero-order chi connectivity index (χ0) is 18.2. The molecule has 1 N–H and O–H groups in total. The third kappa shape index (κ3) is 4.57. The molecule has 1 aromatic heterocycles. The van der Waals surface area contributed by atoms with E-state index in [4.69, 9.17) is 9.47 Å². The number of fused-ring (bicyclic) bond motifs is 1. The number of para-hydroxylation sites is 2. The Morgan fingerprint density at radius 1 is 0.962 bits per heavy atom. The predicted octanol–water partition coefficient (Wildman–Crippen LogP) is 2.59. The Hall–Kier alpha value is -3.41. The summed E-state index contributed by atoms with van der Waals surface area (Å²) in [6, 6.07) is 18.2. The molecule has 1 heterocycles. The molecule has 0 saturated heterocycles. The molecular formula is C20H18N2O4. The Labute approximate surface area is 150 Å². The van der Waals surface area contributed by atoms with Gasteiger partial charge in [-0.1, -0.05) is 36.4 Å². The molecule has 132 valence electrons. The van der Waals surface area contributed by atoms with Crippen LogP contribution in [0.3, 0.4) is 0 Å². The average Bonchev–Trinajstić information content (AvgIpc) is 2.70. The molecule has 0 bridgehead atoms. The second kappa shape index (κ2) is 8.62. The molecule has 6 heteroatoms. The van der Waals surface area contributed by atoms with Gasteiger partial charge in [-0.05, 0) is 24.3 Å². The highest BCUT2D eigenvalue weighted by Gasteiger charge is 2.13. The van der Waals surface area contributed by atoms with Crippen molar-refractivity contribution in [3.8, 4) is 5.75 Å². The van der Waals surface area contributed by atoms with Crippen molar-refractivity contribution in [1.29, 1.82) is 0 Å². The minimum Gasteiger partial charge on any atom is -0.492 e. The van der Waals surface area contributed by atoms with Crippen LogP contribution in [0.2, 0.25) is 0 Å². The summed E-state index contributed by atoms with van der Waals surface area (Å²) in [7, 11) is 0. The van der Waals surface area contributed by atoms with E-state index in [1.54, 1.807) is 24.4 Å². The van der Waals surface area contributed by atoms with Gasteiger partial charge in [-0.3, -0.25) is 9.78 Å². The van der Waals surface area contributed by atoms with Gasteiger partial charge in [0.2, 0.25) is 0 Å². The van der Waals surface area contributed by atoms with Gasteiger partial charge in [-0.15, -0.1) is 0 Å². The first-order chi connectivity index (χ1) is 12.7. The molecule has 0 aliphatic heterocycles. The molecule has 3 rings (SSSR count). The van der Waals surface area contributed by atoms with Gasteiger partial charge < -0.3 is 14.8 Å². The van der Waals surface area contributed by atoms with Crippen LogP contribution in [-0.2, 0) is 9.53 Å². The maximum Gasteiger partial charge on any atom is 0.340 e. The Balaban J connectivity index is 1.44. The molecule has 26 heavy (non-hydrogen) atoms. The van der Waals surface area contributed by atoms with Gasteiger partial charge >= 0.3 is 5.97 Å². The summed E-state index contributed by atoms with van der Waals surface area (Å²) >= 11 is 0. The van der Waals surface area contributed by atoms with Crippen LogP contribution < -0.4 is 10.1 Å². The molecule has 6 nitrogen and oxygen atoms in total. The lowest BCUT2D eigenvalue weighted by Gasteiger charge is -2.09. The summed E-state index contributed by atoms with van der Waals surface area (Å²) in [6.45, 7) is 0.297. The molecule has 0 saturated carbocycles. The fourth-order valence-corrected chi connectivity index (χ4v) is 2.40. The molecule has 1 amide bonds. The smallest absolute Gasteiger partial charge is 0.340 e. The number of benzene rings is 2. The summed E-state index contributed by atoms with van der Waals surface area (Å²) in [5.41, 5.74) is 0.889. The summed E-state index contributed by atoms with van der Waals surface area (Å²) < 4.78 is 10.6. The Morgan fingerprint density at radius 2 is 1.77 bits per heavy atom.